The fourth-order valence-corrected chi connectivity index (χ4v) is 3.86. The topological polar surface area (TPSA) is 101 Å². The van der Waals surface area contributed by atoms with Gasteiger partial charge in [0.1, 0.15) is 5.75 Å². The molecular weight excluding hydrogens is 500 g/mol. The maximum Gasteiger partial charge on any atom is 0.323 e. The number of carbonyl (C=O) groups excluding carboxylic acids is 1. The third-order valence-electron chi connectivity index (χ3n) is 5.19. The summed E-state index contributed by atoms with van der Waals surface area (Å²) in [7, 11) is 1.85. The number of amides is 2. The number of amidine groups is 1. The van der Waals surface area contributed by atoms with Gasteiger partial charge in [-0.1, -0.05) is 63.8 Å². The Kier molecular flexibility index (Phi) is 11.8. The first-order chi connectivity index (χ1) is 18.1. The highest BCUT2D eigenvalue weighted by Gasteiger charge is 2.16. The van der Waals surface area contributed by atoms with E-state index >= 15 is 0 Å². The van der Waals surface area contributed by atoms with Crippen LogP contribution in [0.15, 0.2) is 94.8 Å². The highest BCUT2D eigenvalue weighted by molar-refractivity contribution is 7.99. The summed E-state index contributed by atoms with van der Waals surface area (Å²) < 4.78 is 22.6. The van der Waals surface area contributed by atoms with E-state index in [1.807, 2.05) is 36.4 Å². The van der Waals surface area contributed by atoms with E-state index < -0.39 is 16.8 Å². The minimum absolute atomic E-state index is 0.141. The first-order valence-electron chi connectivity index (χ1n) is 11.9. The molecule has 1 unspecified atom stereocenters. The second-order valence-electron chi connectivity index (χ2n) is 9.13. The van der Waals surface area contributed by atoms with Crippen LogP contribution in [0.5, 0.6) is 5.75 Å². The molecule has 2 N–H and O–H groups in total. The molecule has 0 aliphatic rings. The number of allylic oxidation sites excluding steroid dienone is 5. The second-order valence-corrected chi connectivity index (χ2v) is 10.4. The van der Waals surface area contributed by atoms with Crippen LogP contribution in [0.1, 0.15) is 20.8 Å². The number of nitrogens with one attached hydrogen (secondary N) is 2. The van der Waals surface area contributed by atoms with Gasteiger partial charge in [0.2, 0.25) is 5.17 Å². The summed E-state index contributed by atoms with van der Waals surface area (Å²) in [5.74, 6) is 0.601. The number of fused-ring (bicyclic) bond motifs is 1. The molecule has 0 aliphatic heterocycles. The Morgan fingerprint density at radius 1 is 1.16 bits per heavy atom. The summed E-state index contributed by atoms with van der Waals surface area (Å²) in [5, 5.41) is 7.69. The van der Waals surface area contributed by atoms with Crippen LogP contribution in [-0.2, 0) is 15.5 Å². The summed E-state index contributed by atoms with van der Waals surface area (Å²) in [6.45, 7) is 10.3. The number of hydrogen-bond donors (Lipinski definition) is 2. The zero-order valence-electron chi connectivity index (χ0n) is 22.8. The standard InChI is InChI=1S/C29H36N4O4S/c1-8-12-21(29(2,3)4)19-22(20-36-6)32-27(34)33-25-15-16-26(24-14-10-9-13-23(24)25)37-18-11-17-31-28(30-5)38(7)35/h8-19H,1,20H2,2-7H3,(H2,32,33,34)/b18-11+,21-12+,22-19+,30-28?,31-17-. The van der Waals surface area contributed by atoms with Gasteiger partial charge >= 0.3 is 6.03 Å². The first-order valence-corrected chi connectivity index (χ1v) is 13.4. The van der Waals surface area contributed by atoms with Crippen molar-refractivity contribution in [1.29, 1.82) is 0 Å². The zero-order chi connectivity index (χ0) is 28.1. The third-order valence-corrected chi connectivity index (χ3v) is 5.99. The highest BCUT2D eigenvalue weighted by Crippen LogP contribution is 2.32. The quantitative estimate of drug-likeness (QED) is 0.178. The van der Waals surface area contributed by atoms with Crippen LogP contribution in [0.25, 0.3) is 10.8 Å². The number of rotatable bonds is 9. The minimum Gasteiger partial charge on any atom is -0.464 e. The molecule has 0 saturated heterocycles. The summed E-state index contributed by atoms with van der Waals surface area (Å²) in [4.78, 5) is 20.8. The van der Waals surface area contributed by atoms with Crippen molar-refractivity contribution in [3.8, 4) is 5.75 Å². The summed E-state index contributed by atoms with van der Waals surface area (Å²) in [6.07, 6.45) is 11.6. The predicted molar refractivity (Wildman–Crippen MR) is 159 cm³/mol. The monoisotopic (exact) mass is 536 g/mol. The largest absolute Gasteiger partial charge is 0.464 e. The Morgan fingerprint density at radius 3 is 2.47 bits per heavy atom. The number of urea groups is 1. The molecule has 9 heteroatoms. The molecule has 38 heavy (non-hydrogen) atoms. The summed E-state index contributed by atoms with van der Waals surface area (Å²) in [6, 6.07) is 10.8. The Bertz CT molecular complexity index is 1320. The molecule has 0 fully saturated rings. The number of methoxy groups -OCH3 is 1. The molecule has 2 aromatic carbocycles. The number of aliphatic imine (C=N–C) groups is 2. The molecule has 2 amide bonds. The maximum atomic E-state index is 12.9. The van der Waals surface area contributed by atoms with E-state index in [2.05, 4.69) is 48.0 Å². The number of ether oxygens (including phenoxy) is 2. The molecule has 0 spiro atoms. The Morgan fingerprint density at radius 2 is 1.87 bits per heavy atom. The van der Waals surface area contributed by atoms with Gasteiger partial charge in [-0.15, -0.1) is 0 Å². The van der Waals surface area contributed by atoms with Crippen molar-refractivity contribution in [1.82, 2.24) is 5.32 Å². The molecule has 0 aromatic heterocycles. The average Bonchev–Trinajstić information content (AvgIpc) is 2.86. The number of carbonyl (C=O) groups is 1. The average molecular weight is 537 g/mol. The molecule has 0 aliphatic carbocycles. The Labute approximate surface area is 227 Å². The molecule has 1 atom stereocenters. The van der Waals surface area contributed by atoms with Gasteiger partial charge in [0, 0.05) is 43.1 Å². The van der Waals surface area contributed by atoms with Crippen LogP contribution < -0.4 is 15.4 Å². The van der Waals surface area contributed by atoms with E-state index in [0.717, 1.165) is 16.3 Å². The number of anilines is 1. The molecule has 202 valence electrons. The van der Waals surface area contributed by atoms with Gasteiger partial charge in [0.05, 0.1) is 29.4 Å². The smallest absolute Gasteiger partial charge is 0.323 e. The van der Waals surface area contributed by atoms with Gasteiger partial charge in [-0.25, -0.2) is 9.79 Å². The lowest BCUT2D eigenvalue weighted by molar-refractivity contribution is 0.217. The Balaban J connectivity index is 2.24. The van der Waals surface area contributed by atoms with Crippen LogP contribution in [0.4, 0.5) is 10.5 Å². The molecular formula is C29H36N4O4S. The molecule has 2 aromatic rings. The fourth-order valence-electron chi connectivity index (χ4n) is 3.40. The van der Waals surface area contributed by atoms with E-state index in [0.29, 0.717) is 17.1 Å². The van der Waals surface area contributed by atoms with E-state index in [-0.39, 0.29) is 17.2 Å². The van der Waals surface area contributed by atoms with Gasteiger partial charge < -0.3 is 20.1 Å². The van der Waals surface area contributed by atoms with Gasteiger partial charge in [-0.2, -0.15) is 0 Å². The Hall–Kier alpha value is -3.82. The van der Waals surface area contributed by atoms with Crippen LogP contribution >= 0.6 is 0 Å². The molecule has 0 heterocycles. The minimum atomic E-state index is -1.26. The molecule has 8 nitrogen and oxygen atoms in total. The van der Waals surface area contributed by atoms with Gasteiger partial charge in [0.25, 0.3) is 0 Å². The first kappa shape index (κ1) is 30.4. The van der Waals surface area contributed by atoms with Crippen molar-refractivity contribution in [2.24, 2.45) is 15.4 Å². The van der Waals surface area contributed by atoms with Crippen LogP contribution in [0.2, 0.25) is 0 Å². The second kappa shape index (κ2) is 14.8. The highest BCUT2D eigenvalue weighted by atomic mass is 32.2. The van der Waals surface area contributed by atoms with E-state index in [9.17, 15) is 9.00 Å². The van der Waals surface area contributed by atoms with Crippen molar-refractivity contribution in [3.05, 3.63) is 84.8 Å². The van der Waals surface area contributed by atoms with Crippen molar-refractivity contribution >= 4 is 44.7 Å². The summed E-state index contributed by atoms with van der Waals surface area (Å²) in [5.41, 5.74) is 2.11. The van der Waals surface area contributed by atoms with Crippen molar-refractivity contribution in [2.45, 2.75) is 20.8 Å². The SMILES string of the molecule is C=C/C=C(\C=C(/COC)NC(=O)Nc1ccc(O/C=C/C=N\C(=NC)S(C)=O)c2ccccc12)C(C)(C)C. The summed E-state index contributed by atoms with van der Waals surface area (Å²) >= 11 is 0. The fraction of sp³-hybridized carbons (Fsp3) is 0.276. The lowest BCUT2D eigenvalue weighted by Gasteiger charge is -2.22. The van der Waals surface area contributed by atoms with Crippen LogP contribution in [0, 0.1) is 5.41 Å². The normalized spacial score (nSPS) is 14.2. The van der Waals surface area contributed by atoms with Crippen LogP contribution in [0.3, 0.4) is 0 Å². The lowest BCUT2D eigenvalue weighted by Crippen LogP contribution is -2.30. The molecule has 0 saturated carbocycles. The van der Waals surface area contributed by atoms with Crippen molar-refractivity contribution in [3.63, 3.8) is 0 Å². The molecule has 0 bridgehead atoms. The van der Waals surface area contributed by atoms with Crippen molar-refractivity contribution in [2.75, 3.05) is 32.3 Å². The van der Waals surface area contributed by atoms with E-state index in [1.54, 1.807) is 31.4 Å². The maximum absolute atomic E-state index is 12.9. The third kappa shape index (κ3) is 9.24. The lowest BCUT2D eigenvalue weighted by atomic mass is 9.85. The van der Waals surface area contributed by atoms with E-state index in [4.69, 9.17) is 9.47 Å². The van der Waals surface area contributed by atoms with Gasteiger partial charge in [0.15, 0.2) is 0 Å². The molecule has 2 rings (SSSR count). The van der Waals surface area contributed by atoms with E-state index in [1.165, 1.54) is 25.8 Å². The van der Waals surface area contributed by atoms with Crippen molar-refractivity contribution < 1.29 is 18.5 Å². The van der Waals surface area contributed by atoms with Gasteiger partial charge in [-0.05, 0) is 35.3 Å². The predicted octanol–water partition coefficient (Wildman–Crippen LogP) is 5.98. The van der Waals surface area contributed by atoms with Gasteiger partial charge in [-0.3, -0.25) is 9.20 Å². The zero-order valence-corrected chi connectivity index (χ0v) is 23.6. The number of benzene rings is 2. The number of hydrogen-bond acceptors (Lipinski definition) is 5. The molecule has 0 radical (unpaired) electrons. The number of nitrogens with zero attached hydrogens (tertiary/aromatic N) is 2. The van der Waals surface area contributed by atoms with Crippen LogP contribution in [-0.4, -0.2) is 48.6 Å².